The predicted octanol–water partition coefficient (Wildman–Crippen LogP) is 4.51. The van der Waals surface area contributed by atoms with Crippen molar-refractivity contribution in [1.29, 1.82) is 5.26 Å². The predicted molar refractivity (Wildman–Crippen MR) is 97.3 cm³/mol. The van der Waals surface area contributed by atoms with Crippen LogP contribution in [0.2, 0.25) is 0 Å². The van der Waals surface area contributed by atoms with Crippen LogP contribution in [0.5, 0.6) is 11.5 Å². The van der Waals surface area contributed by atoms with Gasteiger partial charge in [-0.05, 0) is 30.0 Å². The third-order valence-corrected chi connectivity index (χ3v) is 4.00. The van der Waals surface area contributed by atoms with Gasteiger partial charge in [-0.1, -0.05) is 45.0 Å². The van der Waals surface area contributed by atoms with E-state index in [1.807, 2.05) is 30.3 Å². The zero-order chi connectivity index (χ0) is 18.6. The first-order valence-electron chi connectivity index (χ1n) is 8.16. The highest BCUT2D eigenvalue weighted by Gasteiger charge is 2.20. The van der Waals surface area contributed by atoms with E-state index >= 15 is 0 Å². The van der Waals surface area contributed by atoms with Gasteiger partial charge in [0.05, 0.1) is 18.7 Å². The van der Waals surface area contributed by atoms with E-state index in [0.717, 1.165) is 0 Å². The van der Waals surface area contributed by atoms with Gasteiger partial charge in [0.2, 0.25) is 5.78 Å². The van der Waals surface area contributed by atoms with Crippen LogP contribution in [0.25, 0.3) is 0 Å². The molecule has 130 valence electrons. The summed E-state index contributed by atoms with van der Waals surface area (Å²) in [6, 6.07) is 14.5. The molecule has 0 aromatic heterocycles. The van der Waals surface area contributed by atoms with Crippen LogP contribution in [0.1, 0.15) is 49.2 Å². The van der Waals surface area contributed by atoms with Crippen molar-refractivity contribution >= 4 is 5.78 Å². The number of rotatable bonds is 5. The van der Waals surface area contributed by atoms with E-state index in [1.165, 1.54) is 12.7 Å². The van der Waals surface area contributed by atoms with Gasteiger partial charge in [0.15, 0.2) is 17.6 Å². The van der Waals surface area contributed by atoms with E-state index < -0.39 is 6.10 Å². The Bertz CT molecular complexity index is 795. The molecule has 0 aliphatic carbocycles. The molecular weight excluding hydrogens is 314 g/mol. The average molecular weight is 337 g/mol. The Hall–Kier alpha value is -2.80. The lowest BCUT2D eigenvalue weighted by Gasteiger charge is -2.20. The average Bonchev–Trinajstić information content (AvgIpc) is 2.60. The van der Waals surface area contributed by atoms with Gasteiger partial charge < -0.3 is 9.47 Å². The number of hydrogen-bond donors (Lipinski definition) is 0. The number of hydrogen-bond acceptors (Lipinski definition) is 4. The summed E-state index contributed by atoms with van der Waals surface area (Å²) in [7, 11) is 1.50. The summed E-state index contributed by atoms with van der Waals surface area (Å²) in [6.07, 6.45) is -0.665. The van der Waals surface area contributed by atoms with Crippen LogP contribution < -0.4 is 9.47 Å². The van der Waals surface area contributed by atoms with E-state index in [-0.39, 0.29) is 11.2 Å². The van der Waals surface area contributed by atoms with Crippen molar-refractivity contribution in [2.24, 2.45) is 0 Å². The Morgan fingerprint density at radius 3 is 2.24 bits per heavy atom. The number of carbonyl (C=O) groups excluding carboxylic acids is 1. The molecule has 0 heterocycles. The molecule has 0 aliphatic rings. The van der Waals surface area contributed by atoms with E-state index in [2.05, 4.69) is 20.8 Å². The topological polar surface area (TPSA) is 59.3 Å². The second kappa shape index (κ2) is 7.40. The molecule has 25 heavy (non-hydrogen) atoms. The lowest BCUT2D eigenvalue weighted by Crippen LogP contribution is -2.24. The Morgan fingerprint density at radius 1 is 1.08 bits per heavy atom. The first-order chi connectivity index (χ1) is 11.8. The minimum atomic E-state index is -0.665. The molecular formula is C21H23NO3. The van der Waals surface area contributed by atoms with Crippen LogP contribution >= 0.6 is 0 Å². The molecule has 0 N–H and O–H groups in total. The van der Waals surface area contributed by atoms with E-state index in [0.29, 0.717) is 22.6 Å². The zero-order valence-corrected chi connectivity index (χ0v) is 15.3. The summed E-state index contributed by atoms with van der Waals surface area (Å²) in [5.74, 6) is 0.766. The van der Waals surface area contributed by atoms with Crippen LogP contribution in [0.15, 0.2) is 42.5 Å². The molecule has 0 saturated heterocycles. The highest BCUT2D eigenvalue weighted by molar-refractivity contribution is 5.99. The van der Waals surface area contributed by atoms with Crippen molar-refractivity contribution in [2.75, 3.05) is 7.11 Å². The fraction of sp³-hybridized carbons (Fsp3) is 0.333. The van der Waals surface area contributed by atoms with E-state index in [4.69, 9.17) is 14.7 Å². The van der Waals surface area contributed by atoms with E-state index in [1.54, 1.807) is 25.1 Å². The second-order valence-electron chi connectivity index (χ2n) is 6.93. The third-order valence-electron chi connectivity index (χ3n) is 4.00. The Kier molecular flexibility index (Phi) is 5.48. The Labute approximate surface area is 149 Å². The summed E-state index contributed by atoms with van der Waals surface area (Å²) in [4.78, 5) is 12.6. The molecule has 1 unspecified atom stereocenters. The lowest BCUT2D eigenvalue weighted by molar-refractivity contribution is 0.0814. The van der Waals surface area contributed by atoms with E-state index in [9.17, 15) is 4.79 Å². The molecule has 0 bridgehead atoms. The fourth-order valence-electron chi connectivity index (χ4n) is 2.45. The molecule has 2 rings (SSSR count). The summed E-state index contributed by atoms with van der Waals surface area (Å²) in [5, 5.41) is 8.95. The van der Waals surface area contributed by atoms with Crippen LogP contribution in [0.3, 0.4) is 0 Å². The van der Waals surface area contributed by atoms with Crippen molar-refractivity contribution in [1.82, 2.24) is 0 Å². The number of benzene rings is 2. The molecule has 0 spiro atoms. The largest absolute Gasteiger partial charge is 0.493 e. The number of nitriles is 1. The maximum absolute atomic E-state index is 12.6. The first-order valence-corrected chi connectivity index (χ1v) is 8.16. The fourth-order valence-corrected chi connectivity index (χ4v) is 2.45. The third kappa shape index (κ3) is 4.39. The summed E-state index contributed by atoms with van der Waals surface area (Å²) in [5.41, 5.74) is 2.29. The minimum Gasteiger partial charge on any atom is -0.493 e. The highest BCUT2D eigenvalue weighted by atomic mass is 16.5. The summed E-state index contributed by atoms with van der Waals surface area (Å²) in [6.45, 7) is 8.10. The number of Topliss-reactive ketones (excluding diaryl/α,β-unsaturated/α-hetero) is 1. The molecule has 2 aromatic carbocycles. The quantitative estimate of drug-likeness (QED) is 0.753. The molecule has 0 fully saturated rings. The van der Waals surface area contributed by atoms with Gasteiger partial charge in [-0.2, -0.15) is 5.26 Å². The van der Waals surface area contributed by atoms with Gasteiger partial charge in [-0.25, -0.2) is 0 Å². The van der Waals surface area contributed by atoms with Crippen molar-refractivity contribution in [2.45, 2.75) is 39.2 Å². The Morgan fingerprint density at radius 2 is 1.72 bits per heavy atom. The molecule has 4 nitrogen and oxygen atoms in total. The van der Waals surface area contributed by atoms with Crippen molar-refractivity contribution in [3.8, 4) is 17.6 Å². The van der Waals surface area contributed by atoms with Gasteiger partial charge in [0.1, 0.15) is 0 Å². The number of carbonyl (C=O) groups is 1. The molecule has 0 amide bonds. The monoisotopic (exact) mass is 337 g/mol. The van der Waals surface area contributed by atoms with Crippen LogP contribution in [-0.4, -0.2) is 19.0 Å². The van der Waals surface area contributed by atoms with Crippen LogP contribution in [-0.2, 0) is 5.41 Å². The molecule has 1 atom stereocenters. The summed E-state index contributed by atoms with van der Waals surface area (Å²) >= 11 is 0. The Balaban J connectivity index is 2.17. The second-order valence-corrected chi connectivity index (χ2v) is 6.93. The van der Waals surface area contributed by atoms with Gasteiger partial charge in [0, 0.05) is 11.6 Å². The normalized spacial score (nSPS) is 12.2. The molecule has 2 aromatic rings. The number of methoxy groups -OCH3 is 1. The first kappa shape index (κ1) is 18.5. The van der Waals surface area contributed by atoms with Gasteiger partial charge in [-0.3, -0.25) is 4.79 Å². The maximum Gasteiger partial charge on any atom is 0.202 e. The smallest absolute Gasteiger partial charge is 0.202 e. The SMILES string of the molecule is COc1cc(C#N)ccc1OC(C)C(=O)c1ccc(C(C)(C)C)cc1. The van der Waals surface area contributed by atoms with Gasteiger partial charge in [0.25, 0.3) is 0 Å². The standard InChI is InChI=1S/C21H23NO3/c1-14(25-18-11-6-15(13-22)12-19(18)24-5)20(23)16-7-9-17(10-8-16)21(2,3)4/h6-12,14H,1-5H3. The molecule has 0 saturated carbocycles. The molecule has 4 heteroatoms. The number of ketones is 1. The van der Waals surface area contributed by atoms with Gasteiger partial charge in [-0.15, -0.1) is 0 Å². The maximum atomic E-state index is 12.6. The van der Waals surface area contributed by atoms with Crippen molar-refractivity contribution < 1.29 is 14.3 Å². The van der Waals surface area contributed by atoms with Gasteiger partial charge >= 0.3 is 0 Å². The molecule has 0 radical (unpaired) electrons. The number of ether oxygens (including phenoxy) is 2. The van der Waals surface area contributed by atoms with Crippen LogP contribution in [0.4, 0.5) is 0 Å². The summed E-state index contributed by atoms with van der Waals surface area (Å²) < 4.78 is 11.0. The molecule has 0 aliphatic heterocycles. The van der Waals surface area contributed by atoms with Crippen molar-refractivity contribution in [3.63, 3.8) is 0 Å². The number of nitrogens with zero attached hydrogens (tertiary/aromatic N) is 1. The van der Waals surface area contributed by atoms with Crippen molar-refractivity contribution in [3.05, 3.63) is 59.2 Å². The zero-order valence-electron chi connectivity index (χ0n) is 15.3. The lowest BCUT2D eigenvalue weighted by atomic mass is 9.86. The highest BCUT2D eigenvalue weighted by Crippen LogP contribution is 2.29. The minimum absolute atomic E-state index is 0.0412. The van der Waals surface area contributed by atoms with Crippen LogP contribution in [0, 0.1) is 11.3 Å².